The van der Waals surface area contributed by atoms with E-state index in [1.807, 2.05) is 57.2 Å². The van der Waals surface area contributed by atoms with Crippen LogP contribution >= 0.6 is 0 Å². The molecule has 0 saturated heterocycles. The molecule has 162 valence electrons. The van der Waals surface area contributed by atoms with Crippen LogP contribution in [0, 0.1) is 0 Å². The summed E-state index contributed by atoms with van der Waals surface area (Å²) in [5, 5.41) is 14.5. The second kappa shape index (κ2) is 8.63. The van der Waals surface area contributed by atoms with Crippen LogP contribution in [0.5, 0.6) is 17.2 Å². The molecule has 1 aliphatic heterocycles. The molecule has 0 spiro atoms. The Bertz CT molecular complexity index is 1060. The van der Waals surface area contributed by atoms with Gasteiger partial charge in [-0.05, 0) is 61.5 Å². The van der Waals surface area contributed by atoms with E-state index in [0.717, 1.165) is 23.4 Å². The number of benzene rings is 2. The third-order valence-electron chi connectivity index (χ3n) is 4.78. The molecule has 1 N–H and O–H groups in total. The predicted molar refractivity (Wildman–Crippen MR) is 113 cm³/mol. The van der Waals surface area contributed by atoms with Crippen molar-refractivity contribution in [3.05, 3.63) is 53.9 Å². The first-order valence-corrected chi connectivity index (χ1v) is 10.2. The van der Waals surface area contributed by atoms with E-state index in [4.69, 9.17) is 14.2 Å². The Morgan fingerprint density at radius 2 is 2.00 bits per heavy atom. The summed E-state index contributed by atoms with van der Waals surface area (Å²) in [7, 11) is 0. The lowest BCUT2D eigenvalue weighted by Gasteiger charge is -2.18. The van der Waals surface area contributed by atoms with Crippen LogP contribution in [0.4, 0.5) is 0 Å². The third kappa shape index (κ3) is 4.76. The smallest absolute Gasteiger partial charge is 0.258 e. The van der Waals surface area contributed by atoms with E-state index in [1.165, 1.54) is 0 Å². The van der Waals surface area contributed by atoms with E-state index in [2.05, 4.69) is 20.8 Å². The lowest BCUT2D eigenvalue weighted by atomic mass is 10.0. The van der Waals surface area contributed by atoms with E-state index in [1.54, 1.807) is 10.7 Å². The van der Waals surface area contributed by atoms with Crippen molar-refractivity contribution in [2.24, 2.45) is 0 Å². The Morgan fingerprint density at radius 3 is 2.77 bits per heavy atom. The second-order valence-corrected chi connectivity index (χ2v) is 7.78. The van der Waals surface area contributed by atoms with Crippen LogP contribution in [0.3, 0.4) is 0 Å². The lowest BCUT2D eigenvalue weighted by Crippen LogP contribution is -2.29. The van der Waals surface area contributed by atoms with Crippen molar-refractivity contribution >= 4 is 5.91 Å². The number of hydrogen-bond acceptors (Lipinski definition) is 7. The number of nitrogens with zero attached hydrogens (tertiary/aromatic N) is 4. The number of carbonyl (C=O) groups is 1. The number of para-hydroxylation sites is 1. The Kier molecular flexibility index (Phi) is 5.75. The van der Waals surface area contributed by atoms with Crippen molar-refractivity contribution in [3.8, 4) is 22.9 Å². The molecule has 9 nitrogen and oxygen atoms in total. The molecular weight excluding hydrogens is 398 g/mol. The Balaban J connectivity index is 1.34. The molecule has 0 bridgehead atoms. The zero-order chi connectivity index (χ0) is 21.8. The molecule has 1 aliphatic rings. The molecule has 0 atom stereocenters. The molecule has 4 rings (SSSR count). The molecule has 2 heterocycles. The van der Waals surface area contributed by atoms with Gasteiger partial charge in [-0.3, -0.25) is 4.79 Å². The monoisotopic (exact) mass is 423 g/mol. The number of hydrogen-bond donors (Lipinski definition) is 1. The number of rotatable bonds is 8. The fourth-order valence-electron chi connectivity index (χ4n) is 3.44. The number of ether oxygens (including phenoxy) is 3. The molecule has 0 fully saturated rings. The van der Waals surface area contributed by atoms with E-state index in [-0.39, 0.29) is 24.7 Å². The summed E-state index contributed by atoms with van der Waals surface area (Å²) < 4.78 is 18.7. The van der Waals surface area contributed by atoms with E-state index in [9.17, 15) is 4.79 Å². The van der Waals surface area contributed by atoms with Crippen molar-refractivity contribution in [2.75, 3.05) is 13.2 Å². The molecule has 0 saturated carbocycles. The first kappa shape index (κ1) is 20.6. The Labute approximate surface area is 180 Å². The summed E-state index contributed by atoms with van der Waals surface area (Å²) in [6.07, 6.45) is 0.805. The van der Waals surface area contributed by atoms with Crippen LogP contribution in [-0.4, -0.2) is 44.9 Å². The minimum atomic E-state index is -0.281. The summed E-state index contributed by atoms with van der Waals surface area (Å²) in [5.41, 5.74) is 1.58. The molecule has 0 radical (unpaired) electrons. The van der Waals surface area contributed by atoms with Gasteiger partial charge < -0.3 is 19.5 Å². The minimum absolute atomic E-state index is 0.134. The number of nitrogens with one attached hydrogen (secondary N) is 1. The van der Waals surface area contributed by atoms with Gasteiger partial charge in [0.2, 0.25) is 0 Å². The largest absolute Gasteiger partial charge is 0.494 e. The van der Waals surface area contributed by atoms with Crippen LogP contribution in [0.1, 0.15) is 32.2 Å². The van der Waals surface area contributed by atoms with Gasteiger partial charge in [-0.1, -0.05) is 12.1 Å². The molecule has 0 unspecified atom stereocenters. The quantitative estimate of drug-likeness (QED) is 0.594. The maximum atomic E-state index is 12.3. The van der Waals surface area contributed by atoms with Crippen molar-refractivity contribution in [2.45, 2.75) is 39.3 Å². The molecule has 2 aromatic carbocycles. The van der Waals surface area contributed by atoms with E-state index < -0.39 is 0 Å². The van der Waals surface area contributed by atoms with Gasteiger partial charge in [0.1, 0.15) is 11.4 Å². The van der Waals surface area contributed by atoms with Crippen molar-refractivity contribution in [1.29, 1.82) is 0 Å². The van der Waals surface area contributed by atoms with Crippen molar-refractivity contribution in [1.82, 2.24) is 25.5 Å². The van der Waals surface area contributed by atoms with Gasteiger partial charge in [0.25, 0.3) is 5.91 Å². The SMILES string of the molecule is CCOc1ccc(-n2nnnc2CNC(=O)COc2cccc3c2OC(C)(C)C3)cc1. The molecule has 31 heavy (non-hydrogen) atoms. The van der Waals surface area contributed by atoms with Crippen LogP contribution < -0.4 is 19.5 Å². The standard InChI is InChI=1S/C22H25N5O4/c1-4-29-17-10-8-16(9-11-17)27-19(24-25-26-27)13-23-20(28)14-30-18-7-5-6-15-12-22(2,3)31-21(15)18/h5-11H,4,12-14H2,1-3H3,(H,23,28). The van der Waals surface area contributed by atoms with Crippen LogP contribution in [-0.2, 0) is 17.8 Å². The van der Waals surface area contributed by atoms with Crippen LogP contribution in [0.2, 0.25) is 0 Å². The zero-order valence-corrected chi connectivity index (χ0v) is 17.8. The number of aromatic nitrogens is 4. The van der Waals surface area contributed by atoms with Gasteiger partial charge in [0.05, 0.1) is 18.8 Å². The number of amides is 1. The molecule has 1 aromatic heterocycles. The highest BCUT2D eigenvalue weighted by Crippen LogP contribution is 2.41. The normalized spacial score (nSPS) is 13.9. The highest BCUT2D eigenvalue weighted by molar-refractivity contribution is 5.77. The summed E-state index contributed by atoms with van der Waals surface area (Å²) in [4.78, 5) is 12.3. The van der Waals surface area contributed by atoms with E-state index in [0.29, 0.717) is 23.9 Å². The summed E-state index contributed by atoms with van der Waals surface area (Å²) in [5.74, 6) is 2.27. The van der Waals surface area contributed by atoms with Gasteiger partial charge in [-0.15, -0.1) is 5.10 Å². The van der Waals surface area contributed by atoms with Gasteiger partial charge in [0.15, 0.2) is 23.9 Å². The first-order valence-electron chi connectivity index (χ1n) is 10.2. The average molecular weight is 423 g/mol. The predicted octanol–water partition coefficient (Wildman–Crippen LogP) is 2.47. The zero-order valence-electron chi connectivity index (χ0n) is 17.8. The molecule has 9 heteroatoms. The molecule has 3 aromatic rings. The molecule has 1 amide bonds. The van der Waals surface area contributed by atoms with Gasteiger partial charge in [0, 0.05) is 12.0 Å². The highest BCUT2D eigenvalue weighted by atomic mass is 16.5. The minimum Gasteiger partial charge on any atom is -0.494 e. The van der Waals surface area contributed by atoms with Gasteiger partial charge in [-0.25, -0.2) is 0 Å². The fraction of sp³-hybridized carbons (Fsp3) is 0.364. The molecular formula is C22H25N5O4. The number of fused-ring (bicyclic) bond motifs is 1. The Morgan fingerprint density at radius 1 is 1.19 bits per heavy atom. The summed E-state index contributed by atoms with van der Waals surface area (Å²) in [6.45, 7) is 6.61. The maximum Gasteiger partial charge on any atom is 0.258 e. The average Bonchev–Trinajstić information content (AvgIpc) is 3.34. The van der Waals surface area contributed by atoms with Crippen molar-refractivity contribution < 1.29 is 19.0 Å². The second-order valence-electron chi connectivity index (χ2n) is 7.78. The third-order valence-corrected chi connectivity index (χ3v) is 4.78. The topological polar surface area (TPSA) is 100 Å². The Hall–Kier alpha value is -3.62. The first-order chi connectivity index (χ1) is 14.9. The maximum absolute atomic E-state index is 12.3. The number of carbonyl (C=O) groups excluding carboxylic acids is 1. The summed E-state index contributed by atoms with van der Waals surface area (Å²) in [6, 6.07) is 13.1. The number of tetrazole rings is 1. The van der Waals surface area contributed by atoms with E-state index >= 15 is 0 Å². The van der Waals surface area contributed by atoms with Crippen molar-refractivity contribution in [3.63, 3.8) is 0 Å². The van der Waals surface area contributed by atoms with Crippen LogP contribution in [0.25, 0.3) is 5.69 Å². The summed E-state index contributed by atoms with van der Waals surface area (Å²) >= 11 is 0. The highest BCUT2D eigenvalue weighted by Gasteiger charge is 2.32. The van der Waals surface area contributed by atoms with Gasteiger partial charge in [-0.2, -0.15) is 4.68 Å². The van der Waals surface area contributed by atoms with Crippen LogP contribution in [0.15, 0.2) is 42.5 Å². The fourth-order valence-corrected chi connectivity index (χ4v) is 3.44. The molecule has 0 aliphatic carbocycles. The van der Waals surface area contributed by atoms with Gasteiger partial charge >= 0.3 is 0 Å². The lowest BCUT2D eigenvalue weighted by molar-refractivity contribution is -0.123.